The molecule has 9 heteroatoms. The lowest BCUT2D eigenvalue weighted by molar-refractivity contribution is -0.116. The fraction of sp³-hybridized carbons (Fsp3) is 0.276. The SMILES string of the molecule is CCNC(=O)N(CC(=O)Nc1ccc(N2CCN(C(=O)c3cccc(F)c3)CC2)cc1)Cc1ccccc1. The summed E-state index contributed by atoms with van der Waals surface area (Å²) in [6.45, 7) is 4.91. The fourth-order valence-corrected chi connectivity index (χ4v) is 4.37. The average Bonchev–Trinajstić information content (AvgIpc) is 2.93. The van der Waals surface area contributed by atoms with Crippen LogP contribution < -0.4 is 15.5 Å². The van der Waals surface area contributed by atoms with Gasteiger partial charge in [-0.2, -0.15) is 0 Å². The van der Waals surface area contributed by atoms with Crippen LogP contribution in [0.25, 0.3) is 0 Å². The molecule has 0 spiro atoms. The summed E-state index contributed by atoms with van der Waals surface area (Å²) in [7, 11) is 0. The molecule has 0 atom stereocenters. The first-order valence-corrected chi connectivity index (χ1v) is 12.7. The van der Waals surface area contributed by atoms with Gasteiger partial charge < -0.3 is 25.3 Å². The van der Waals surface area contributed by atoms with Gasteiger partial charge in [0, 0.05) is 56.2 Å². The molecule has 0 saturated carbocycles. The van der Waals surface area contributed by atoms with Crippen LogP contribution >= 0.6 is 0 Å². The number of nitrogens with zero attached hydrogens (tertiary/aromatic N) is 3. The van der Waals surface area contributed by atoms with E-state index in [1.54, 1.807) is 17.0 Å². The summed E-state index contributed by atoms with van der Waals surface area (Å²) in [5.41, 5.74) is 2.91. The van der Waals surface area contributed by atoms with E-state index in [2.05, 4.69) is 15.5 Å². The molecule has 3 aromatic rings. The van der Waals surface area contributed by atoms with Crippen LogP contribution in [0.4, 0.5) is 20.6 Å². The molecule has 0 aliphatic carbocycles. The molecule has 1 fully saturated rings. The Morgan fingerprint density at radius 1 is 0.895 bits per heavy atom. The van der Waals surface area contributed by atoms with Gasteiger partial charge in [0.1, 0.15) is 12.4 Å². The molecule has 1 aliphatic heterocycles. The van der Waals surface area contributed by atoms with Gasteiger partial charge in [-0.3, -0.25) is 9.59 Å². The zero-order valence-electron chi connectivity index (χ0n) is 21.4. The van der Waals surface area contributed by atoms with Gasteiger partial charge >= 0.3 is 6.03 Å². The van der Waals surface area contributed by atoms with Crippen LogP contribution in [0.5, 0.6) is 0 Å². The number of benzene rings is 3. The molecular weight excluding hydrogens is 485 g/mol. The minimum atomic E-state index is -0.421. The molecule has 4 rings (SSSR count). The van der Waals surface area contributed by atoms with E-state index in [1.165, 1.54) is 17.0 Å². The first kappa shape index (κ1) is 26.7. The largest absolute Gasteiger partial charge is 0.368 e. The molecule has 0 radical (unpaired) electrons. The second-order valence-electron chi connectivity index (χ2n) is 9.06. The van der Waals surface area contributed by atoms with Crippen molar-refractivity contribution in [3.8, 4) is 0 Å². The summed E-state index contributed by atoms with van der Waals surface area (Å²) in [5.74, 6) is -0.879. The molecule has 1 saturated heterocycles. The van der Waals surface area contributed by atoms with Gasteiger partial charge in [0.2, 0.25) is 5.91 Å². The van der Waals surface area contributed by atoms with E-state index in [0.29, 0.717) is 50.5 Å². The number of rotatable bonds is 8. The van der Waals surface area contributed by atoms with Crippen molar-refractivity contribution in [3.05, 3.63) is 95.8 Å². The highest BCUT2D eigenvalue weighted by Gasteiger charge is 2.23. The maximum Gasteiger partial charge on any atom is 0.318 e. The van der Waals surface area contributed by atoms with Crippen molar-refractivity contribution in [2.75, 3.05) is 49.5 Å². The molecule has 1 heterocycles. The molecule has 1 aliphatic rings. The Bertz CT molecular complexity index is 1240. The summed E-state index contributed by atoms with van der Waals surface area (Å²) >= 11 is 0. The number of amides is 4. The maximum atomic E-state index is 13.5. The van der Waals surface area contributed by atoms with Gasteiger partial charge in [-0.15, -0.1) is 0 Å². The van der Waals surface area contributed by atoms with E-state index in [1.807, 2.05) is 61.5 Å². The molecule has 0 unspecified atom stereocenters. The van der Waals surface area contributed by atoms with E-state index in [-0.39, 0.29) is 24.4 Å². The highest BCUT2D eigenvalue weighted by Crippen LogP contribution is 2.20. The minimum absolute atomic E-state index is 0.0796. The van der Waals surface area contributed by atoms with Crippen LogP contribution in [0.1, 0.15) is 22.8 Å². The zero-order valence-corrected chi connectivity index (χ0v) is 21.4. The number of halogens is 1. The Kier molecular flexibility index (Phi) is 8.92. The van der Waals surface area contributed by atoms with Gasteiger partial charge in [-0.25, -0.2) is 9.18 Å². The van der Waals surface area contributed by atoms with Crippen molar-refractivity contribution in [2.45, 2.75) is 13.5 Å². The summed E-state index contributed by atoms with van der Waals surface area (Å²) in [6.07, 6.45) is 0. The van der Waals surface area contributed by atoms with Crippen molar-refractivity contribution < 1.29 is 18.8 Å². The summed E-state index contributed by atoms with van der Waals surface area (Å²) in [6, 6.07) is 22.5. The third-order valence-corrected chi connectivity index (χ3v) is 6.32. The van der Waals surface area contributed by atoms with Crippen molar-refractivity contribution in [1.82, 2.24) is 15.1 Å². The van der Waals surface area contributed by atoms with Gasteiger partial charge in [-0.1, -0.05) is 36.4 Å². The quantitative estimate of drug-likeness (QED) is 0.474. The van der Waals surface area contributed by atoms with Crippen LogP contribution in [0.2, 0.25) is 0 Å². The third kappa shape index (κ3) is 7.09. The predicted octanol–water partition coefficient (Wildman–Crippen LogP) is 3.96. The smallest absolute Gasteiger partial charge is 0.318 e. The van der Waals surface area contributed by atoms with Crippen LogP contribution in [-0.2, 0) is 11.3 Å². The van der Waals surface area contributed by atoms with E-state index in [9.17, 15) is 18.8 Å². The van der Waals surface area contributed by atoms with Crippen molar-refractivity contribution in [1.29, 1.82) is 0 Å². The Balaban J connectivity index is 1.30. The van der Waals surface area contributed by atoms with Crippen LogP contribution in [0.15, 0.2) is 78.9 Å². The molecule has 3 aromatic carbocycles. The molecule has 4 amide bonds. The first-order chi connectivity index (χ1) is 18.4. The van der Waals surface area contributed by atoms with Crippen molar-refractivity contribution in [2.24, 2.45) is 0 Å². The fourth-order valence-electron chi connectivity index (χ4n) is 4.37. The lowest BCUT2D eigenvalue weighted by Crippen LogP contribution is -2.48. The van der Waals surface area contributed by atoms with Crippen LogP contribution in [0.3, 0.4) is 0 Å². The standard InChI is InChI=1S/C29H32FN5O3/c1-2-31-29(38)35(20-22-7-4-3-5-8-22)21-27(36)32-25-11-13-26(14-12-25)33-15-17-34(18-16-33)28(37)23-9-6-10-24(30)19-23/h3-14,19H,2,15-18,20-21H2,1H3,(H,31,38)(H,32,36). The molecule has 38 heavy (non-hydrogen) atoms. The number of carbonyl (C=O) groups excluding carboxylic acids is 3. The Hall–Kier alpha value is -4.40. The Morgan fingerprint density at radius 2 is 1.61 bits per heavy atom. The van der Waals surface area contributed by atoms with E-state index in [4.69, 9.17) is 0 Å². The number of hydrogen-bond acceptors (Lipinski definition) is 4. The Labute approximate surface area is 222 Å². The number of nitrogens with one attached hydrogen (secondary N) is 2. The molecule has 2 N–H and O–H groups in total. The van der Waals surface area contributed by atoms with E-state index in [0.717, 1.165) is 11.3 Å². The maximum absolute atomic E-state index is 13.5. The Morgan fingerprint density at radius 3 is 2.26 bits per heavy atom. The summed E-state index contributed by atoms with van der Waals surface area (Å²) in [5, 5.41) is 5.63. The normalized spacial score (nSPS) is 13.1. The topological polar surface area (TPSA) is 85.0 Å². The zero-order chi connectivity index (χ0) is 26.9. The second-order valence-corrected chi connectivity index (χ2v) is 9.06. The molecule has 8 nitrogen and oxygen atoms in total. The van der Waals surface area contributed by atoms with E-state index < -0.39 is 5.82 Å². The number of urea groups is 1. The summed E-state index contributed by atoms with van der Waals surface area (Å²) in [4.78, 5) is 43.3. The molecule has 198 valence electrons. The summed E-state index contributed by atoms with van der Waals surface area (Å²) < 4.78 is 13.5. The lowest BCUT2D eigenvalue weighted by Gasteiger charge is -2.36. The highest BCUT2D eigenvalue weighted by atomic mass is 19.1. The second kappa shape index (κ2) is 12.7. The van der Waals surface area contributed by atoms with Crippen LogP contribution in [-0.4, -0.2) is 66.9 Å². The van der Waals surface area contributed by atoms with Gasteiger partial charge in [0.05, 0.1) is 0 Å². The predicted molar refractivity (Wildman–Crippen MR) is 146 cm³/mol. The molecule has 0 aromatic heterocycles. The van der Waals surface area contributed by atoms with Gasteiger partial charge in [-0.05, 0) is 55.0 Å². The van der Waals surface area contributed by atoms with Gasteiger partial charge in [0.15, 0.2) is 0 Å². The minimum Gasteiger partial charge on any atom is -0.368 e. The third-order valence-electron chi connectivity index (χ3n) is 6.32. The number of piperazine rings is 1. The first-order valence-electron chi connectivity index (χ1n) is 12.7. The lowest BCUT2D eigenvalue weighted by atomic mass is 10.1. The molecular formula is C29H32FN5O3. The number of carbonyl (C=O) groups is 3. The van der Waals surface area contributed by atoms with Crippen LogP contribution in [0, 0.1) is 5.82 Å². The number of hydrogen-bond donors (Lipinski definition) is 2. The van der Waals surface area contributed by atoms with Crippen molar-refractivity contribution in [3.63, 3.8) is 0 Å². The average molecular weight is 518 g/mol. The monoisotopic (exact) mass is 517 g/mol. The van der Waals surface area contributed by atoms with E-state index >= 15 is 0 Å². The highest BCUT2D eigenvalue weighted by molar-refractivity contribution is 5.95. The van der Waals surface area contributed by atoms with Gasteiger partial charge in [0.25, 0.3) is 5.91 Å². The number of anilines is 2. The molecule has 0 bridgehead atoms. The van der Waals surface area contributed by atoms with Crippen molar-refractivity contribution >= 4 is 29.2 Å².